The van der Waals surface area contributed by atoms with E-state index in [1.165, 1.54) is 32.1 Å². The smallest absolute Gasteiger partial charge is 0.0365 e. The summed E-state index contributed by atoms with van der Waals surface area (Å²) in [6, 6.07) is 0. The van der Waals surface area contributed by atoms with Gasteiger partial charge in [0.1, 0.15) is 0 Å². The SMILES string of the molecule is CCCC(C)C(CC)C(C)CCC. The van der Waals surface area contributed by atoms with Gasteiger partial charge in [-0.1, -0.05) is 66.7 Å². The molecule has 0 aliphatic heterocycles. The highest BCUT2D eigenvalue weighted by Gasteiger charge is 2.20. The second-order valence-electron chi connectivity index (χ2n) is 4.60. The van der Waals surface area contributed by atoms with E-state index in [1.807, 2.05) is 0 Å². The summed E-state index contributed by atoms with van der Waals surface area (Å²) in [5, 5.41) is 0. The van der Waals surface area contributed by atoms with Crippen molar-refractivity contribution >= 4 is 0 Å². The van der Waals surface area contributed by atoms with E-state index < -0.39 is 0 Å². The van der Waals surface area contributed by atoms with E-state index in [2.05, 4.69) is 34.6 Å². The molecule has 0 rings (SSSR count). The van der Waals surface area contributed by atoms with Crippen LogP contribution in [0.3, 0.4) is 0 Å². The Kier molecular flexibility index (Phi) is 7.41. The molecule has 0 aromatic heterocycles. The van der Waals surface area contributed by atoms with Gasteiger partial charge in [-0.15, -0.1) is 0 Å². The van der Waals surface area contributed by atoms with Crippen molar-refractivity contribution in [3.8, 4) is 0 Å². The summed E-state index contributed by atoms with van der Waals surface area (Å²) in [6.45, 7) is 11.8. The maximum absolute atomic E-state index is 2.43. The molecule has 0 heterocycles. The highest BCUT2D eigenvalue weighted by Crippen LogP contribution is 2.30. The van der Waals surface area contributed by atoms with Gasteiger partial charge in [0.05, 0.1) is 0 Å². The fraction of sp³-hybridized carbons (Fsp3) is 1.00. The minimum atomic E-state index is 0.927. The van der Waals surface area contributed by atoms with Gasteiger partial charge in [-0.05, 0) is 17.8 Å². The first-order chi connectivity index (χ1) is 6.17. The quantitative estimate of drug-likeness (QED) is 0.528. The molecule has 13 heavy (non-hydrogen) atoms. The molecule has 0 saturated carbocycles. The fourth-order valence-electron chi connectivity index (χ4n) is 2.70. The van der Waals surface area contributed by atoms with E-state index in [4.69, 9.17) is 0 Å². The molecule has 80 valence electrons. The zero-order valence-electron chi connectivity index (χ0n) is 10.3. The lowest BCUT2D eigenvalue weighted by Crippen LogP contribution is -2.19. The van der Waals surface area contributed by atoms with Crippen LogP contribution < -0.4 is 0 Å². The minimum absolute atomic E-state index is 0.927. The summed E-state index contributed by atoms with van der Waals surface area (Å²) in [5.74, 6) is 2.81. The van der Waals surface area contributed by atoms with Crippen molar-refractivity contribution in [2.24, 2.45) is 17.8 Å². The van der Waals surface area contributed by atoms with Crippen molar-refractivity contribution in [1.29, 1.82) is 0 Å². The van der Waals surface area contributed by atoms with E-state index in [9.17, 15) is 0 Å². The third-order valence-corrected chi connectivity index (χ3v) is 3.42. The van der Waals surface area contributed by atoms with Gasteiger partial charge in [0.2, 0.25) is 0 Å². The topological polar surface area (TPSA) is 0 Å². The van der Waals surface area contributed by atoms with Gasteiger partial charge in [-0.2, -0.15) is 0 Å². The molecule has 0 aliphatic rings. The van der Waals surface area contributed by atoms with Crippen LogP contribution in [-0.2, 0) is 0 Å². The van der Waals surface area contributed by atoms with Gasteiger partial charge >= 0.3 is 0 Å². The molecule has 2 atom stereocenters. The maximum Gasteiger partial charge on any atom is -0.0365 e. The van der Waals surface area contributed by atoms with E-state index in [0.29, 0.717) is 0 Å². The van der Waals surface area contributed by atoms with Gasteiger partial charge in [-0.25, -0.2) is 0 Å². The van der Waals surface area contributed by atoms with Crippen molar-refractivity contribution in [3.63, 3.8) is 0 Å². The lowest BCUT2D eigenvalue weighted by Gasteiger charge is -2.28. The lowest BCUT2D eigenvalue weighted by atomic mass is 9.78. The highest BCUT2D eigenvalue weighted by atomic mass is 14.3. The molecule has 0 aromatic carbocycles. The monoisotopic (exact) mass is 184 g/mol. The maximum atomic E-state index is 2.43. The van der Waals surface area contributed by atoms with E-state index in [1.54, 1.807) is 0 Å². The molecule has 0 amide bonds. The van der Waals surface area contributed by atoms with Crippen molar-refractivity contribution in [1.82, 2.24) is 0 Å². The van der Waals surface area contributed by atoms with Gasteiger partial charge in [0.15, 0.2) is 0 Å². The number of hydrogen-bond donors (Lipinski definition) is 0. The number of hydrogen-bond acceptors (Lipinski definition) is 0. The molecule has 0 bridgehead atoms. The third kappa shape index (κ3) is 4.69. The predicted octanol–water partition coefficient (Wildman–Crippen LogP) is 4.89. The Morgan fingerprint density at radius 2 is 1.15 bits per heavy atom. The minimum Gasteiger partial charge on any atom is -0.0654 e. The van der Waals surface area contributed by atoms with E-state index in [0.717, 1.165) is 17.8 Å². The number of rotatable bonds is 7. The Bertz CT molecular complexity index is 94.6. The lowest BCUT2D eigenvalue weighted by molar-refractivity contribution is 0.223. The van der Waals surface area contributed by atoms with Gasteiger partial charge in [0, 0.05) is 0 Å². The second kappa shape index (κ2) is 7.41. The van der Waals surface area contributed by atoms with Crippen LogP contribution in [0, 0.1) is 17.8 Å². The fourth-order valence-corrected chi connectivity index (χ4v) is 2.70. The first-order valence-electron chi connectivity index (χ1n) is 6.17. The van der Waals surface area contributed by atoms with Gasteiger partial charge in [0.25, 0.3) is 0 Å². The molecule has 0 aromatic rings. The molecule has 0 nitrogen and oxygen atoms in total. The predicted molar refractivity (Wildman–Crippen MR) is 61.9 cm³/mol. The highest BCUT2D eigenvalue weighted by molar-refractivity contribution is 4.70. The van der Waals surface area contributed by atoms with Crippen LogP contribution >= 0.6 is 0 Å². The summed E-state index contributed by atoms with van der Waals surface area (Å²) >= 11 is 0. The van der Waals surface area contributed by atoms with Crippen molar-refractivity contribution in [3.05, 3.63) is 0 Å². The van der Waals surface area contributed by atoms with E-state index >= 15 is 0 Å². The average Bonchev–Trinajstić information content (AvgIpc) is 2.06. The molecule has 0 saturated heterocycles. The van der Waals surface area contributed by atoms with Crippen LogP contribution in [0.5, 0.6) is 0 Å². The first kappa shape index (κ1) is 13.0. The van der Waals surface area contributed by atoms with Crippen molar-refractivity contribution in [2.75, 3.05) is 0 Å². The Morgan fingerprint density at radius 1 is 0.769 bits per heavy atom. The second-order valence-corrected chi connectivity index (χ2v) is 4.60. The van der Waals surface area contributed by atoms with Crippen LogP contribution in [0.25, 0.3) is 0 Å². The molecule has 0 aliphatic carbocycles. The molecular formula is C13H28. The summed E-state index contributed by atoms with van der Waals surface area (Å²) < 4.78 is 0. The van der Waals surface area contributed by atoms with Crippen molar-refractivity contribution < 1.29 is 0 Å². The normalized spacial score (nSPS) is 18.2. The average molecular weight is 184 g/mol. The summed E-state index contributed by atoms with van der Waals surface area (Å²) in [4.78, 5) is 0. The summed E-state index contributed by atoms with van der Waals surface area (Å²) in [5.41, 5.74) is 0. The van der Waals surface area contributed by atoms with Gasteiger partial charge in [-0.3, -0.25) is 0 Å². The molecule has 0 spiro atoms. The van der Waals surface area contributed by atoms with Crippen LogP contribution in [-0.4, -0.2) is 0 Å². The molecule has 0 fully saturated rings. The van der Waals surface area contributed by atoms with Crippen LogP contribution in [0.1, 0.15) is 66.7 Å². The Morgan fingerprint density at radius 3 is 1.38 bits per heavy atom. The van der Waals surface area contributed by atoms with Crippen LogP contribution in [0.4, 0.5) is 0 Å². The Labute approximate surface area is 85.1 Å². The molecular weight excluding hydrogens is 156 g/mol. The standard InChI is InChI=1S/C13H28/c1-6-9-11(4)13(8-3)12(5)10-7-2/h11-13H,6-10H2,1-5H3. The summed E-state index contributed by atoms with van der Waals surface area (Å²) in [7, 11) is 0. The van der Waals surface area contributed by atoms with Crippen LogP contribution in [0.15, 0.2) is 0 Å². The third-order valence-electron chi connectivity index (χ3n) is 3.42. The Hall–Kier alpha value is 0. The largest absolute Gasteiger partial charge is 0.0654 e. The van der Waals surface area contributed by atoms with E-state index in [-0.39, 0.29) is 0 Å². The Balaban J connectivity index is 3.98. The zero-order chi connectivity index (χ0) is 10.3. The van der Waals surface area contributed by atoms with Gasteiger partial charge < -0.3 is 0 Å². The molecule has 2 unspecified atom stereocenters. The van der Waals surface area contributed by atoms with Crippen molar-refractivity contribution in [2.45, 2.75) is 66.7 Å². The molecule has 0 N–H and O–H groups in total. The molecule has 0 radical (unpaired) electrons. The summed E-state index contributed by atoms with van der Waals surface area (Å²) in [6.07, 6.45) is 6.87. The van der Waals surface area contributed by atoms with Crippen LogP contribution in [0.2, 0.25) is 0 Å². The first-order valence-corrected chi connectivity index (χ1v) is 6.17. The molecule has 0 heteroatoms. The zero-order valence-corrected chi connectivity index (χ0v) is 10.3.